The summed E-state index contributed by atoms with van der Waals surface area (Å²) < 4.78 is 5.73. The summed E-state index contributed by atoms with van der Waals surface area (Å²) in [5.41, 5.74) is 7.69. The van der Waals surface area contributed by atoms with Gasteiger partial charge in [0.25, 0.3) is 0 Å². The Morgan fingerprint density at radius 2 is 2.38 bits per heavy atom. The van der Waals surface area contributed by atoms with E-state index in [1.165, 1.54) is 0 Å². The van der Waals surface area contributed by atoms with E-state index in [1.54, 1.807) is 11.8 Å². The van der Waals surface area contributed by atoms with Crippen molar-refractivity contribution in [3.05, 3.63) is 23.8 Å². The molecule has 3 N–H and O–H groups in total. The van der Waals surface area contributed by atoms with Gasteiger partial charge >= 0.3 is 0 Å². The lowest BCUT2D eigenvalue weighted by atomic mass is 10.1. The van der Waals surface area contributed by atoms with Crippen molar-refractivity contribution >= 4 is 23.3 Å². The maximum atomic E-state index is 9.08. The average molecular weight is 309 g/mol. The Hall–Kier alpha value is -1.40. The van der Waals surface area contributed by atoms with Gasteiger partial charge in [-0.1, -0.05) is 11.2 Å². The second-order valence-corrected chi connectivity index (χ2v) is 5.86. The summed E-state index contributed by atoms with van der Waals surface area (Å²) in [6.45, 7) is 4.64. The van der Waals surface area contributed by atoms with Crippen LogP contribution in [0.25, 0.3) is 0 Å². The van der Waals surface area contributed by atoms with Gasteiger partial charge in [-0.3, -0.25) is 0 Å². The van der Waals surface area contributed by atoms with Crippen LogP contribution in [-0.4, -0.2) is 43.1 Å². The number of hydrogen-bond acceptors (Lipinski definition) is 5. The van der Waals surface area contributed by atoms with Crippen LogP contribution in [-0.2, 0) is 4.74 Å². The molecule has 0 amide bonds. The third-order valence-corrected chi connectivity index (χ3v) is 4.54. The van der Waals surface area contributed by atoms with Crippen LogP contribution in [0.1, 0.15) is 25.3 Å². The molecule has 1 saturated heterocycles. The van der Waals surface area contributed by atoms with E-state index in [-0.39, 0.29) is 11.9 Å². The molecule has 0 saturated carbocycles. The molecule has 1 fully saturated rings. The lowest BCUT2D eigenvalue weighted by Gasteiger charge is -2.28. The highest BCUT2D eigenvalue weighted by Crippen LogP contribution is 2.30. The van der Waals surface area contributed by atoms with Gasteiger partial charge in [-0.2, -0.15) is 0 Å². The molecular weight excluding hydrogens is 286 g/mol. The molecule has 0 radical (unpaired) electrons. The molecule has 1 aromatic rings. The summed E-state index contributed by atoms with van der Waals surface area (Å²) in [6, 6.07) is 6.01. The van der Waals surface area contributed by atoms with Crippen LogP contribution in [0.3, 0.4) is 0 Å². The molecule has 1 heterocycles. The molecular formula is C15H23N3O2S. The Kier molecular flexibility index (Phi) is 5.76. The quantitative estimate of drug-likeness (QED) is 0.278. The van der Waals surface area contributed by atoms with Gasteiger partial charge in [-0.25, -0.2) is 0 Å². The van der Waals surface area contributed by atoms with Crippen molar-refractivity contribution in [3.8, 4) is 0 Å². The van der Waals surface area contributed by atoms with Gasteiger partial charge in [0, 0.05) is 30.3 Å². The standard InChI is InChI=1S/C15H23N3O2S/c1-3-18(10-11-6-5-9-20-11)12-7-4-8-13(21-2)14(12)15(16)17-19/h4,7-8,11,19H,3,5-6,9-10H2,1-2H3,(H2,16,17). The minimum absolute atomic E-state index is 0.153. The largest absolute Gasteiger partial charge is 0.409 e. The van der Waals surface area contributed by atoms with Crippen molar-refractivity contribution in [1.82, 2.24) is 0 Å². The highest BCUT2D eigenvalue weighted by Gasteiger charge is 2.22. The molecule has 1 aliphatic heterocycles. The second kappa shape index (κ2) is 7.56. The monoisotopic (exact) mass is 309 g/mol. The van der Waals surface area contributed by atoms with Gasteiger partial charge < -0.3 is 20.6 Å². The number of benzene rings is 1. The van der Waals surface area contributed by atoms with Crippen molar-refractivity contribution in [2.45, 2.75) is 30.8 Å². The van der Waals surface area contributed by atoms with Gasteiger partial charge in [-0.05, 0) is 38.2 Å². The molecule has 21 heavy (non-hydrogen) atoms. The van der Waals surface area contributed by atoms with Crippen LogP contribution in [0.4, 0.5) is 5.69 Å². The van der Waals surface area contributed by atoms with Crippen LogP contribution < -0.4 is 10.6 Å². The van der Waals surface area contributed by atoms with Crippen LogP contribution in [0.5, 0.6) is 0 Å². The van der Waals surface area contributed by atoms with Gasteiger partial charge in [-0.15, -0.1) is 11.8 Å². The van der Waals surface area contributed by atoms with E-state index in [2.05, 4.69) is 17.0 Å². The predicted molar refractivity (Wildman–Crippen MR) is 87.6 cm³/mol. The SMILES string of the molecule is CCN(CC1CCCO1)c1cccc(SC)c1/C(N)=N/O. The number of nitrogens with two attached hydrogens (primary N) is 1. The summed E-state index contributed by atoms with van der Waals surface area (Å²) in [4.78, 5) is 3.25. The first-order valence-corrected chi connectivity index (χ1v) is 8.45. The highest BCUT2D eigenvalue weighted by molar-refractivity contribution is 7.98. The second-order valence-electron chi connectivity index (χ2n) is 5.01. The molecule has 0 aromatic heterocycles. The van der Waals surface area contributed by atoms with Gasteiger partial charge in [0.05, 0.1) is 11.7 Å². The van der Waals surface area contributed by atoms with E-state index in [1.807, 2.05) is 24.5 Å². The van der Waals surface area contributed by atoms with Gasteiger partial charge in [0.2, 0.25) is 0 Å². The fourth-order valence-corrected chi connectivity index (χ4v) is 3.32. The van der Waals surface area contributed by atoms with Crippen LogP contribution in [0, 0.1) is 0 Å². The van der Waals surface area contributed by atoms with E-state index in [0.717, 1.165) is 48.7 Å². The molecule has 0 bridgehead atoms. The molecule has 5 nitrogen and oxygen atoms in total. The zero-order valence-electron chi connectivity index (χ0n) is 12.6. The van der Waals surface area contributed by atoms with Crippen LogP contribution in [0.2, 0.25) is 0 Å². The van der Waals surface area contributed by atoms with E-state index in [4.69, 9.17) is 15.7 Å². The van der Waals surface area contributed by atoms with Crippen molar-refractivity contribution in [2.75, 3.05) is 30.9 Å². The van der Waals surface area contributed by atoms with Crippen molar-refractivity contribution in [2.24, 2.45) is 10.9 Å². The number of hydrogen-bond donors (Lipinski definition) is 2. The molecule has 6 heteroatoms. The third-order valence-electron chi connectivity index (χ3n) is 3.76. The fourth-order valence-electron chi connectivity index (χ4n) is 2.69. The summed E-state index contributed by atoms with van der Waals surface area (Å²) in [5, 5.41) is 12.3. The predicted octanol–water partition coefficient (Wildman–Crippen LogP) is 2.51. The normalized spacial score (nSPS) is 19.0. The maximum absolute atomic E-state index is 9.08. The number of rotatable bonds is 6. The number of nitrogens with zero attached hydrogens (tertiary/aromatic N) is 2. The number of oxime groups is 1. The number of amidine groups is 1. The lowest BCUT2D eigenvalue weighted by molar-refractivity contribution is 0.115. The van der Waals surface area contributed by atoms with Crippen LogP contribution >= 0.6 is 11.8 Å². The fraction of sp³-hybridized carbons (Fsp3) is 0.533. The molecule has 2 rings (SSSR count). The highest BCUT2D eigenvalue weighted by atomic mass is 32.2. The first kappa shape index (κ1) is 16.0. The minimum Gasteiger partial charge on any atom is -0.409 e. The third kappa shape index (κ3) is 3.63. The van der Waals surface area contributed by atoms with Crippen molar-refractivity contribution in [1.29, 1.82) is 0 Å². The van der Waals surface area contributed by atoms with Gasteiger partial charge in [0.1, 0.15) is 0 Å². The topological polar surface area (TPSA) is 71.1 Å². The first-order chi connectivity index (χ1) is 10.2. The van der Waals surface area contributed by atoms with E-state index >= 15 is 0 Å². The Morgan fingerprint density at radius 1 is 1.57 bits per heavy atom. The number of anilines is 1. The smallest absolute Gasteiger partial charge is 0.173 e. The summed E-state index contributed by atoms with van der Waals surface area (Å²) in [7, 11) is 0. The van der Waals surface area contributed by atoms with E-state index in [0.29, 0.717) is 0 Å². The lowest BCUT2D eigenvalue weighted by Crippen LogP contribution is -2.34. The number of likely N-dealkylation sites (N-methyl/N-ethyl adjacent to an activating group) is 1. The Morgan fingerprint density at radius 3 is 2.95 bits per heavy atom. The minimum atomic E-state index is 0.153. The zero-order valence-corrected chi connectivity index (χ0v) is 13.4. The van der Waals surface area contributed by atoms with Crippen molar-refractivity contribution in [3.63, 3.8) is 0 Å². The van der Waals surface area contributed by atoms with Crippen molar-refractivity contribution < 1.29 is 9.94 Å². The molecule has 1 aromatic carbocycles. The zero-order chi connectivity index (χ0) is 15.2. The summed E-state index contributed by atoms with van der Waals surface area (Å²) in [5.74, 6) is 0.153. The molecule has 1 aliphatic rings. The summed E-state index contributed by atoms with van der Waals surface area (Å²) >= 11 is 1.59. The molecule has 0 spiro atoms. The summed E-state index contributed by atoms with van der Waals surface area (Å²) in [6.07, 6.45) is 4.48. The molecule has 1 unspecified atom stereocenters. The molecule has 1 atom stereocenters. The number of thioether (sulfide) groups is 1. The Bertz CT molecular complexity index is 502. The van der Waals surface area contributed by atoms with Gasteiger partial charge in [0.15, 0.2) is 5.84 Å². The number of ether oxygens (including phenoxy) is 1. The molecule has 116 valence electrons. The van der Waals surface area contributed by atoms with E-state index in [9.17, 15) is 0 Å². The first-order valence-electron chi connectivity index (χ1n) is 7.22. The maximum Gasteiger partial charge on any atom is 0.173 e. The van der Waals surface area contributed by atoms with E-state index < -0.39 is 0 Å². The van der Waals surface area contributed by atoms with Crippen LogP contribution in [0.15, 0.2) is 28.3 Å². The Balaban J connectivity index is 2.35. The average Bonchev–Trinajstić information content (AvgIpc) is 3.04. The molecule has 0 aliphatic carbocycles. The Labute approximate surface area is 130 Å².